The lowest BCUT2D eigenvalue weighted by molar-refractivity contribution is 0.376. The van der Waals surface area contributed by atoms with Crippen molar-refractivity contribution in [3.8, 4) is 0 Å². The second kappa shape index (κ2) is 6.17. The van der Waals surface area contributed by atoms with Gasteiger partial charge in [0.1, 0.15) is 0 Å². The van der Waals surface area contributed by atoms with Crippen molar-refractivity contribution in [2.24, 2.45) is 5.92 Å². The molecule has 94 valence electrons. The van der Waals surface area contributed by atoms with E-state index in [1.807, 2.05) is 0 Å². The molecule has 1 aliphatic heterocycles. The van der Waals surface area contributed by atoms with Crippen LogP contribution in [-0.2, 0) is 0 Å². The van der Waals surface area contributed by atoms with Gasteiger partial charge in [0.15, 0.2) is 0 Å². The van der Waals surface area contributed by atoms with Gasteiger partial charge in [-0.1, -0.05) is 11.6 Å². The normalized spacial score (nSPS) is 20.2. The maximum absolute atomic E-state index is 5.80. The molecule has 1 N–H and O–H groups in total. The summed E-state index contributed by atoms with van der Waals surface area (Å²) in [6.07, 6.45) is 5.87. The molecule has 17 heavy (non-hydrogen) atoms. The molecule has 1 aromatic heterocycles. The van der Waals surface area contributed by atoms with E-state index in [9.17, 15) is 0 Å². The summed E-state index contributed by atoms with van der Waals surface area (Å²) in [5, 5.41) is 4.02. The first kappa shape index (κ1) is 12.6. The fourth-order valence-corrected chi connectivity index (χ4v) is 2.31. The zero-order valence-corrected chi connectivity index (χ0v) is 11.0. The predicted molar refractivity (Wildman–Crippen MR) is 70.5 cm³/mol. The summed E-state index contributed by atoms with van der Waals surface area (Å²) in [4.78, 5) is 10.8. The van der Waals surface area contributed by atoms with Gasteiger partial charge >= 0.3 is 0 Å². The second-order valence-electron chi connectivity index (χ2n) is 4.45. The van der Waals surface area contributed by atoms with Gasteiger partial charge in [-0.05, 0) is 38.8 Å². The van der Waals surface area contributed by atoms with E-state index < -0.39 is 0 Å². The van der Waals surface area contributed by atoms with Crippen LogP contribution in [0.2, 0.25) is 5.02 Å². The smallest absolute Gasteiger partial charge is 0.225 e. The van der Waals surface area contributed by atoms with Crippen LogP contribution in [0, 0.1) is 5.92 Å². The van der Waals surface area contributed by atoms with Gasteiger partial charge in [-0.15, -0.1) is 0 Å². The van der Waals surface area contributed by atoms with Gasteiger partial charge in [0, 0.05) is 13.1 Å². The van der Waals surface area contributed by atoms with Crippen molar-refractivity contribution in [1.82, 2.24) is 15.3 Å². The van der Waals surface area contributed by atoms with Crippen molar-refractivity contribution in [3.05, 3.63) is 17.4 Å². The van der Waals surface area contributed by atoms with Gasteiger partial charge in [0.05, 0.1) is 17.4 Å². The zero-order valence-electron chi connectivity index (χ0n) is 10.2. The Bertz CT molecular complexity index is 335. The van der Waals surface area contributed by atoms with E-state index >= 15 is 0 Å². The van der Waals surface area contributed by atoms with Crippen molar-refractivity contribution >= 4 is 17.5 Å². The lowest BCUT2D eigenvalue weighted by Gasteiger charge is -2.29. The molecule has 1 fully saturated rings. The third-order valence-electron chi connectivity index (χ3n) is 3.15. The van der Waals surface area contributed by atoms with Crippen molar-refractivity contribution < 1.29 is 0 Å². The quantitative estimate of drug-likeness (QED) is 0.892. The van der Waals surface area contributed by atoms with Crippen LogP contribution in [0.3, 0.4) is 0 Å². The van der Waals surface area contributed by atoms with Crippen molar-refractivity contribution in [2.75, 3.05) is 31.1 Å². The highest BCUT2D eigenvalue weighted by Gasteiger charge is 2.17. The number of nitrogens with zero attached hydrogens (tertiary/aromatic N) is 3. The molecule has 2 rings (SSSR count). The Hall–Kier alpha value is -0.870. The van der Waals surface area contributed by atoms with E-state index in [1.54, 1.807) is 12.4 Å². The number of anilines is 1. The number of hydrogen-bond acceptors (Lipinski definition) is 4. The van der Waals surface area contributed by atoms with Crippen molar-refractivity contribution in [2.45, 2.75) is 19.8 Å². The number of piperidine rings is 1. The molecular formula is C12H19ClN4. The van der Waals surface area contributed by atoms with Crippen LogP contribution in [0.15, 0.2) is 12.4 Å². The fraction of sp³-hybridized carbons (Fsp3) is 0.667. The van der Waals surface area contributed by atoms with Crippen LogP contribution >= 0.6 is 11.6 Å². The summed E-state index contributed by atoms with van der Waals surface area (Å²) in [5.74, 6) is 1.48. The van der Waals surface area contributed by atoms with E-state index in [0.29, 0.717) is 10.9 Å². The number of halogens is 1. The minimum Gasteiger partial charge on any atom is -0.341 e. The number of rotatable bonds is 4. The SMILES string of the molecule is CCN(CC1CCCNC1)c1ncc(Cl)cn1. The minimum atomic E-state index is 0.587. The Morgan fingerprint density at radius 2 is 2.24 bits per heavy atom. The monoisotopic (exact) mass is 254 g/mol. The van der Waals surface area contributed by atoms with Crippen LogP contribution in [0.25, 0.3) is 0 Å². The fourth-order valence-electron chi connectivity index (χ4n) is 2.21. The first-order valence-electron chi connectivity index (χ1n) is 6.22. The average molecular weight is 255 g/mol. The van der Waals surface area contributed by atoms with E-state index in [1.165, 1.54) is 12.8 Å². The highest BCUT2D eigenvalue weighted by atomic mass is 35.5. The molecule has 4 nitrogen and oxygen atoms in total. The second-order valence-corrected chi connectivity index (χ2v) is 4.89. The van der Waals surface area contributed by atoms with E-state index in [-0.39, 0.29) is 0 Å². The summed E-state index contributed by atoms with van der Waals surface area (Å²) >= 11 is 5.80. The van der Waals surface area contributed by atoms with Gasteiger partial charge < -0.3 is 10.2 Å². The van der Waals surface area contributed by atoms with Gasteiger partial charge in [-0.2, -0.15) is 0 Å². The Morgan fingerprint density at radius 1 is 1.47 bits per heavy atom. The standard InChI is InChI=1S/C12H19ClN4/c1-2-17(9-10-4-3-5-14-6-10)12-15-7-11(13)8-16-12/h7-8,10,14H,2-6,9H2,1H3. The average Bonchev–Trinajstić information content (AvgIpc) is 2.38. The third kappa shape index (κ3) is 3.54. The summed E-state index contributed by atoms with van der Waals surface area (Å²) < 4.78 is 0. The Morgan fingerprint density at radius 3 is 2.82 bits per heavy atom. The minimum absolute atomic E-state index is 0.587. The molecule has 1 unspecified atom stereocenters. The van der Waals surface area contributed by atoms with Crippen LogP contribution in [0.5, 0.6) is 0 Å². The molecule has 0 radical (unpaired) electrons. The predicted octanol–water partition coefficient (Wildman–Crippen LogP) is 1.96. The lowest BCUT2D eigenvalue weighted by Crippen LogP contribution is -2.38. The topological polar surface area (TPSA) is 41.0 Å². The maximum atomic E-state index is 5.80. The van der Waals surface area contributed by atoms with Gasteiger partial charge in [0.2, 0.25) is 5.95 Å². The molecule has 1 saturated heterocycles. The summed E-state index contributed by atoms with van der Waals surface area (Å²) in [5.41, 5.74) is 0. The number of nitrogens with one attached hydrogen (secondary N) is 1. The van der Waals surface area contributed by atoms with Crippen molar-refractivity contribution in [3.63, 3.8) is 0 Å². The molecule has 0 aromatic carbocycles. The highest BCUT2D eigenvalue weighted by Crippen LogP contribution is 2.16. The van der Waals surface area contributed by atoms with Crippen molar-refractivity contribution in [1.29, 1.82) is 0 Å². The Labute approximate surface area is 107 Å². The highest BCUT2D eigenvalue weighted by molar-refractivity contribution is 6.30. The van der Waals surface area contributed by atoms with Crippen LogP contribution in [-0.4, -0.2) is 36.1 Å². The molecule has 0 bridgehead atoms. The molecule has 2 heterocycles. The lowest BCUT2D eigenvalue weighted by atomic mass is 9.99. The van der Waals surface area contributed by atoms with Crippen LogP contribution < -0.4 is 10.2 Å². The molecule has 5 heteroatoms. The zero-order chi connectivity index (χ0) is 12.1. The van der Waals surface area contributed by atoms with Crippen LogP contribution in [0.4, 0.5) is 5.95 Å². The van der Waals surface area contributed by atoms with E-state index in [2.05, 4.69) is 27.1 Å². The maximum Gasteiger partial charge on any atom is 0.225 e. The molecule has 1 aromatic rings. The van der Waals surface area contributed by atoms with Gasteiger partial charge in [0.25, 0.3) is 0 Å². The number of aromatic nitrogens is 2. The molecule has 0 spiro atoms. The largest absolute Gasteiger partial charge is 0.341 e. The first-order chi connectivity index (χ1) is 8.29. The molecule has 0 amide bonds. The Balaban J connectivity index is 1.97. The third-order valence-corrected chi connectivity index (χ3v) is 3.34. The first-order valence-corrected chi connectivity index (χ1v) is 6.60. The molecule has 1 aliphatic rings. The summed E-state index contributed by atoms with van der Waals surface area (Å²) in [6, 6.07) is 0. The Kier molecular flexibility index (Phi) is 4.57. The molecule has 1 atom stereocenters. The van der Waals surface area contributed by atoms with E-state index in [0.717, 1.165) is 32.1 Å². The summed E-state index contributed by atoms with van der Waals surface area (Å²) in [7, 11) is 0. The molecular weight excluding hydrogens is 236 g/mol. The van der Waals surface area contributed by atoms with Gasteiger partial charge in [-0.3, -0.25) is 0 Å². The van der Waals surface area contributed by atoms with Gasteiger partial charge in [-0.25, -0.2) is 9.97 Å². The molecule has 0 saturated carbocycles. The van der Waals surface area contributed by atoms with E-state index in [4.69, 9.17) is 11.6 Å². The number of hydrogen-bond donors (Lipinski definition) is 1. The summed E-state index contributed by atoms with van der Waals surface area (Å²) in [6.45, 7) is 6.33. The van der Waals surface area contributed by atoms with Crippen LogP contribution in [0.1, 0.15) is 19.8 Å². The molecule has 0 aliphatic carbocycles.